The van der Waals surface area contributed by atoms with E-state index in [1.165, 1.54) is 0 Å². The van der Waals surface area contributed by atoms with Crippen LogP contribution in [0.15, 0.2) is 54.6 Å². The number of halogens is 1. The highest BCUT2D eigenvalue weighted by Gasteiger charge is 2.36. The smallest absolute Gasteiger partial charge is 0.241 e. The van der Waals surface area contributed by atoms with Crippen molar-refractivity contribution in [3.8, 4) is 0 Å². The molecule has 1 N–H and O–H groups in total. The molecule has 0 saturated carbocycles. The summed E-state index contributed by atoms with van der Waals surface area (Å²) in [7, 11) is 0.0623. The van der Waals surface area contributed by atoms with Crippen molar-refractivity contribution in [2.45, 2.75) is 18.5 Å². The third-order valence-electron chi connectivity index (χ3n) is 5.38. The van der Waals surface area contributed by atoms with Gasteiger partial charge in [-0.05, 0) is 43.3 Å². The van der Waals surface area contributed by atoms with Crippen LogP contribution in [0.1, 0.15) is 18.0 Å². The zero-order valence-electron chi connectivity index (χ0n) is 17.5. The van der Waals surface area contributed by atoms with Crippen molar-refractivity contribution < 1.29 is 18.0 Å². The Labute approximate surface area is 187 Å². The van der Waals surface area contributed by atoms with Gasteiger partial charge in [0.25, 0.3) is 0 Å². The van der Waals surface area contributed by atoms with E-state index in [0.29, 0.717) is 22.7 Å². The molecular weight excluding hydrogens is 438 g/mol. The van der Waals surface area contributed by atoms with E-state index in [0.717, 1.165) is 0 Å². The number of sulfone groups is 1. The molecule has 2 aromatic rings. The van der Waals surface area contributed by atoms with Gasteiger partial charge in [-0.3, -0.25) is 14.5 Å². The van der Waals surface area contributed by atoms with E-state index in [1.54, 1.807) is 60.3 Å². The molecule has 31 heavy (non-hydrogen) atoms. The summed E-state index contributed by atoms with van der Waals surface area (Å²) >= 11 is 5.97. The third kappa shape index (κ3) is 5.64. The van der Waals surface area contributed by atoms with E-state index in [9.17, 15) is 18.0 Å². The number of para-hydroxylation sites is 1. The first-order valence-electron chi connectivity index (χ1n) is 9.96. The predicted octanol–water partition coefficient (Wildman–Crippen LogP) is 2.28. The number of carbonyl (C=O) groups is 2. The lowest BCUT2D eigenvalue weighted by atomic mass is 10.0. The number of hydrogen-bond acceptors (Lipinski definition) is 5. The number of amides is 2. The number of rotatable bonds is 7. The van der Waals surface area contributed by atoms with Crippen molar-refractivity contribution in [1.29, 1.82) is 0 Å². The van der Waals surface area contributed by atoms with Crippen LogP contribution in [-0.2, 0) is 19.4 Å². The van der Waals surface area contributed by atoms with Crippen LogP contribution < -0.4 is 10.2 Å². The summed E-state index contributed by atoms with van der Waals surface area (Å²) in [5.74, 6) is -0.519. The van der Waals surface area contributed by atoms with E-state index < -0.39 is 21.9 Å². The fourth-order valence-electron chi connectivity index (χ4n) is 3.89. The number of nitrogens with one attached hydrogen (secondary N) is 1. The molecule has 2 aromatic carbocycles. The highest BCUT2D eigenvalue weighted by molar-refractivity contribution is 7.91. The number of likely N-dealkylation sites (N-methyl/N-ethyl adjacent to an activating group) is 2. The first-order chi connectivity index (χ1) is 14.7. The molecule has 1 aliphatic heterocycles. The molecule has 2 atom stereocenters. The molecule has 7 nitrogen and oxygen atoms in total. The minimum atomic E-state index is -3.18. The van der Waals surface area contributed by atoms with Crippen LogP contribution in [-0.4, -0.2) is 63.3 Å². The van der Waals surface area contributed by atoms with Gasteiger partial charge in [-0.1, -0.05) is 41.9 Å². The van der Waals surface area contributed by atoms with E-state index in [2.05, 4.69) is 5.32 Å². The maximum atomic E-state index is 13.4. The van der Waals surface area contributed by atoms with Gasteiger partial charge in [0.05, 0.1) is 24.1 Å². The summed E-state index contributed by atoms with van der Waals surface area (Å²) in [6.45, 7) is -0.0633. The maximum absolute atomic E-state index is 13.4. The van der Waals surface area contributed by atoms with Crippen molar-refractivity contribution in [3.05, 3.63) is 65.2 Å². The quantitative estimate of drug-likeness (QED) is 0.680. The Morgan fingerprint density at radius 2 is 1.77 bits per heavy atom. The molecule has 2 amide bonds. The van der Waals surface area contributed by atoms with Gasteiger partial charge < -0.3 is 10.2 Å². The summed E-state index contributed by atoms with van der Waals surface area (Å²) in [6.07, 6.45) is 0.392. The lowest BCUT2D eigenvalue weighted by molar-refractivity contribution is -0.127. The molecule has 1 fully saturated rings. The van der Waals surface area contributed by atoms with Gasteiger partial charge in [0, 0.05) is 17.8 Å². The molecule has 1 saturated heterocycles. The van der Waals surface area contributed by atoms with Gasteiger partial charge in [-0.15, -0.1) is 0 Å². The van der Waals surface area contributed by atoms with Gasteiger partial charge in [0.15, 0.2) is 9.84 Å². The lowest BCUT2D eigenvalue weighted by Crippen LogP contribution is -2.48. The molecule has 0 aliphatic carbocycles. The van der Waals surface area contributed by atoms with Crippen LogP contribution in [0.2, 0.25) is 5.02 Å². The van der Waals surface area contributed by atoms with Crippen molar-refractivity contribution in [2.24, 2.45) is 0 Å². The molecular formula is C22H26ClN3O4S. The summed E-state index contributed by atoms with van der Waals surface area (Å²) in [4.78, 5) is 29.2. The zero-order valence-corrected chi connectivity index (χ0v) is 19.1. The van der Waals surface area contributed by atoms with Crippen LogP contribution in [0.4, 0.5) is 5.69 Å². The van der Waals surface area contributed by atoms with Crippen LogP contribution in [0.25, 0.3) is 0 Å². The highest BCUT2D eigenvalue weighted by atomic mass is 35.5. The molecule has 0 radical (unpaired) electrons. The molecule has 0 bridgehead atoms. The Balaban J connectivity index is 1.87. The van der Waals surface area contributed by atoms with Crippen molar-refractivity contribution in [3.63, 3.8) is 0 Å². The van der Waals surface area contributed by atoms with Crippen molar-refractivity contribution in [1.82, 2.24) is 10.2 Å². The van der Waals surface area contributed by atoms with Crippen LogP contribution >= 0.6 is 11.6 Å². The number of nitrogens with zero attached hydrogens (tertiary/aromatic N) is 2. The second-order valence-corrected chi connectivity index (χ2v) is 10.3. The van der Waals surface area contributed by atoms with E-state index in [4.69, 9.17) is 11.6 Å². The average Bonchev–Trinajstić information content (AvgIpc) is 3.09. The fraction of sp³-hybridized carbons (Fsp3) is 0.364. The van der Waals surface area contributed by atoms with Crippen LogP contribution in [0.5, 0.6) is 0 Å². The minimum absolute atomic E-state index is 0.0621. The number of carbonyl (C=O) groups excluding carboxylic acids is 2. The van der Waals surface area contributed by atoms with Gasteiger partial charge >= 0.3 is 0 Å². The van der Waals surface area contributed by atoms with E-state index >= 15 is 0 Å². The standard InChI is InChI=1S/C22H26ClN3O4S/c1-24-22(28)21(16-8-10-17(23)11-9-16)25(2)14-20(27)26(18-6-4-3-5-7-18)19-12-13-31(29,30)15-19/h3-11,19,21H,12-15H2,1-2H3,(H,24,28)/t19-,21+/m1/s1. The van der Waals surface area contributed by atoms with E-state index in [-0.39, 0.29) is 29.9 Å². The molecule has 166 valence electrons. The Kier molecular flexibility index (Phi) is 7.35. The largest absolute Gasteiger partial charge is 0.358 e. The molecule has 3 rings (SSSR count). The summed E-state index contributed by atoms with van der Waals surface area (Å²) < 4.78 is 24.1. The second kappa shape index (κ2) is 9.80. The Bertz CT molecular complexity index is 1030. The number of anilines is 1. The minimum Gasteiger partial charge on any atom is -0.358 e. The Morgan fingerprint density at radius 1 is 1.13 bits per heavy atom. The van der Waals surface area contributed by atoms with Crippen LogP contribution in [0, 0.1) is 0 Å². The zero-order chi connectivity index (χ0) is 22.6. The second-order valence-electron chi connectivity index (χ2n) is 7.64. The Morgan fingerprint density at radius 3 is 2.32 bits per heavy atom. The monoisotopic (exact) mass is 463 g/mol. The average molecular weight is 464 g/mol. The molecule has 1 aliphatic rings. The molecule has 0 aromatic heterocycles. The summed E-state index contributed by atoms with van der Waals surface area (Å²) in [5.41, 5.74) is 1.35. The first kappa shape index (κ1) is 23.2. The molecule has 9 heteroatoms. The van der Waals surface area contributed by atoms with Crippen LogP contribution in [0.3, 0.4) is 0 Å². The van der Waals surface area contributed by atoms with E-state index in [1.807, 2.05) is 18.2 Å². The Hall–Kier alpha value is -2.42. The number of hydrogen-bond donors (Lipinski definition) is 1. The van der Waals surface area contributed by atoms with Gasteiger partial charge in [0.2, 0.25) is 11.8 Å². The van der Waals surface area contributed by atoms with Gasteiger partial charge in [0.1, 0.15) is 6.04 Å². The SMILES string of the molecule is CNC(=O)[C@H](c1ccc(Cl)cc1)N(C)CC(=O)N(c1ccccc1)[C@@H]1CCS(=O)(=O)C1. The summed E-state index contributed by atoms with van der Waals surface area (Å²) in [6, 6.07) is 14.8. The molecule has 1 heterocycles. The molecule has 0 spiro atoms. The topological polar surface area (TPSA) is 86.8 Å². The fourth-order valence-corrected chi connectivity index (χ4v) is 5.72. The van der Waals surface area contributed by atoms with Gasteiger partial charge in [-0.25, -0.2) is 8.42 Å². The van der Waals surface area contributed by atoms with Crippen molar-refractivity contribution in [2.75, 3.05) is 37.0 Å². The third-order valence-corrected chi connectivity index (χ3v) is 7.38. The van der Waals surface area contributed by atoms with Gasteiger partial charge in [-0.2, -0.15) is 0 Å². The number of benzene rings is 2. The normalized spacial score (nSPS) is 18.5. The van der Waals surface area contributed by atoms with Crippen molar-refractivity contribution >= 4 is 38.9 Å². The molecule has 0 unspecified atom stereocenters. The highest BCUT2D eigenvalue weighted by Crippen LogP contribution is 2.26. The first-order valence-corrected chi connectivity index (χ1v) is 12.2. The maximum Gasteiger partial charge on any atom is 0.241 e. The lowest BCUT2D eigenvalue weighted by Gasteiger charge is -2.32. The summed E-state index contributed by atoms with van der Waals surface area (Å²) in [5, 5.41) is 3.19. The predicted molar refractivity (Wildman–Crippen MR) is 122 cm³/mol.